The van der Waals surface area contributed by atoms with Crippen molar-refractivity contribution < 1.29 is 23.7 Å². The molecule has 0 saturated carbocycles. The lowest BCUT2D eigenvalue weighted by atomic mass is 9.59. The van der Waals surface area contributed by atoms with Crippen LogP contribution in [0.3, 0.4) is 0 Å². The van der Waals surface area contributed by atoms with Crippen LogP contribution in [0.2, 0.25) is 0 Å². The van der Waals surface area contributed by atoms with Gasteiger partial charge in [-0.2, -0.15) is 0 Å². The van der Waals surface area contributed by atoms with Crippen LogP contribution in [0.25, 0.3) is 0 Å². The van der Waals surface area contributed by atoms with E-state index in [4.69, 9.17) is 18.9 Å². The number of hydrogen-bond donors (Lipinski definition) is 0. The van der Waals surface area contributed by atoms with Crippen LogP contribution in [0.4, 0.5) is 0 Å². The summed E-state index contributed by atoms with van der Waals surface area (Å²) in [6.07, 6.45) is 8.37. The molecule has 3 aliphatic rings. The molecule has 0 N–H and O–H groups in total. The number of esters is 1. The Labute approximate surface area is 177 Å². The van der Waals surface area contributed by atoms with Crippen LogP contribution in [0.15, 0.2) is 67.3 Å². The van der Waals surface area contributed by atoms with E-state index in [1.54, 1.807) is 13.2 Å². The van der Waals surface area contributed by atoms with Crippen LogP contribution < -0.4 is 9.47 Å². The van der Waals surface area contributed by atoms with E-state index in [0.29, 0.717) is 12.5 Å². The van der Waals surface area contributed by atoms with E-state index in [1.807, 2.05) is 30.4 Å². The molecule has 0 fully saturated rings. The lowest BCUT2D eigenvalue weighted by Crippen LogP contribution is -2.57. The first kappa shape index (κ1) is 20.5. The van der Waals surface area contributed by atoms with Gasteiger partial charge < -0.3 is 18.9 Å². The van der Waals surface area contributed by atoms with Crippen LogP contribution in [0, 0.1) is 17.8 Å². The molecule has 1 aromatic carbocycles. The average Bonchev–Trinajstić information content (AvgIpc) is 2.76. The van der Waals surface area contributed by atoms with Gasteiger partial charge in [0.1, 0.15) is 17.6 Å². The Balaban J connectivity index is 1.89. The SMILES string of the molecule is C=CCO[C@]12C=C[C@H](OC(=O)C=C)C3=C[C@H](C)[C@@H](C)[C@H](c4cc(OC)ccc4O1)[C@@H]32. The van der Waals surface area contributed by atoms with Crippen molar-refractivity contribution >= 4 is 5.97 Å². The molecule has 0 aromatic heterocycles. The molecule has 1 aliphatic heterocycles. The summed E-state index contributed by atoms with van der Waals surface area (Å²) in [5.41, 5.74) is 2.09. The maximum Gasteiger partial charge on any atom is 0.331 e. The van der Waals surface area contributed by atoms with E-state index in [0.717, 1.165) is 22.6 Å². The summed E-state index contributed by atoms with van der Waals surface area (Å²) in [6, 6.07) is 5.89. The van der Waals surface area contributed by atoms with Crippen molar-refractivity contribution in [3.8, 4) is 11.5 Å². The van der Waals surface area contributed by atoms with Crippen LogP contribution in [-0.4, -0.2) is 31.6 Å². The molecule has 0 spiro atoms. The number of carbonyl (C=O) groups is 1. The average molecular weight is 408 g/mol. The monoisotopic (exact) mass is 408 g/mol. The molecule has 0 unspecified atom stereocenters. The fourth-order valence-corrected chi connectivity index (χ4v) is 4.96. The summed E-state index contributed by atoms with van der Waals surface area (Å²) in [4.78, 5) is 12.0. The lowest BCUT2D eigenvalue weighted by molar-refractivity contribution is -0.193. The fraction of sp³-hybridized carbons (Fsp3) is 0.400. The van der Waals surface area contributed by atoms with E-state index in [2.05, 4.69) is 33.1 Å². The molecule has 6 atom stereocenters. The van der Waals surface area contributed by atoms with Gasteiger partial charge in [-0.1, -0.05) is 32.6 Å². The number of fused-ring (bicyclic) bond motifs is 2. The van der Waals surface area contributed by atoms with Crippen molar-refractivity contribution in [2.75, 3.05) is 13.7 Å². The summed E-state index contributed by atoms with van der Waals surface area (Å²) < 4.78 is 23.9. The molecule has 1 heterocycles. The van der Waals surface area contributed by atoms with Crippen LogP contribution in [0.1, 0.15) is 25.3 Å². The van der Waals surface area contributed by atoms with Crippen LogP contribution in [0.5, 0.6) is 11.5 Å². The molecule has 4 rings (SSSR count). The first-order chi connectivity index (χ1) is 14.4. The van der Waals surface area contributed by atoms with Gasteiger partial charge in [-0.05, 0) is 47.8 Å². The summed E-state index contributed by atoms with van der Waals surface area (Å²) in [6.45, 7) is 12.1. The van der Waals surface area contributed by atoms with E-state index in [-0.39, 0.29) is 17.8 Å². The van der Waals surface area contributed by atoms with Crippen molar-refractivity contribution in [3.05, 3.63) is 72.9 Å². The number of carbonyl (C=O) groups excluding carboxylic acids is 1. The number of hydrogen-bond acceptors (Lipinski definition) is 5. The highest BCUT2D eigenvalue weighted by Crippen LogP contribution is 2.58. The van der Waals surface area contributed by atoms with Crippen molar-refractivity contribution in [2.45, 2.75) is 31.7 Å². The van der Waals surface area contributed by atoms with E-state index in [9.17, 15) is 4.79 Å². The Hall–Kier alpha value is -2.79. The molecule has 5 heteroatoms. The zero-order valence-corrected chi connectivity index (χ0v) is 17.7. The Morgan fingerprint density at radius 1 is 1.30 bits per heavy atom. The molecule has 0 radical (unpaired) electrons. The molecule has 1 aromatic rings. The maximum absolute atomic E-state index is 12.0. The minimum atomic E-state index is -0.988. The van der Waals surface area contributed by atoms with Gasteiger partial charge in [0, 0.05) is 17.6 Å². The van der Waals surface area contributed by atoms with E-state index in [1.165, 1.54) is 6.08 Å². The van der Waals surface area contributed by atoms with Gasteiger partial charge in [-0.3, -0.25) is 0 Å². The molecule has 30 heavy (non-hydrogen) atoms. The summed E-state index contributed by atoms with van der Waals surface area (Å²) in [5.74, 6) is 0.703. The highest BCUT2D eigenvalue weighted by atomic mass is 16.7. The Bertz CT molecular complexity index is 929. The number of allylic oxidation sites excluding steroid dienone is 1. The zero-order valence-electron chi connectivity index (χ0n) is 17.7. The van der Waals surface area contributed by atoms with E-state index < -0.39 is 17.9 Å². The van der Waals surface area contributed by atoms with Gasteiger partial charge in [-0.15, -0.1) is 6.58 Å². The maximum atomic E-state index is 12.0. The lowest BCUT2D eigenvalue weighted by Gasteiger charge is -2.54. The van der Waals surface area contributed by atoms with Gasteiger partial charge in [-0.25, -0.2) is 4.79 Å². The smallest absolute Gasteiger partial charge is 0.331 e. The Morgan fingerprint density at radius 3 is 2.80 bits per heavy atom. The molecule has 5 nitrogen and oxygen atoms in total. The molecule has 2 aliphatic carbocycles. The highest BCUT2D eigenvalue weighted by Gasteiger charge is 2.58. The Morgan fingerprint density at radius 2 is 2.10 bits per heavy atom. The summed E-state index contributed by atoms with van der Waals surface area (Å²) >= 11 is 0. The number of benzene rings is 1. The number of ether oxygens (including phenoxy) is 4. The Kier molecular flexibility index (Phi) is 5.33. The van der Waals surface area contributed by atoms with Gasteiger partial charge in [0.05, 0.1) is 19.6 Å². The third kappa shape index (κ3) is 3.18. The number of methoxy groups -OCH3 is 1. The molecule has 158 valence electrons. The predicted octanol–water partition coefficient (Wildman–Crippen LogP) is 4.57. The van der Waals surface area contributed by atoms with Crippen LogP contribution in [-0.2, 0) is 14.3 Å². The molecular formula is C25H28O5. The highest BCUT2D eigenvalue weighted by molar-refractivity contribution is 5.81. The molecule has 0 bridgehead atoms. The molecule has 0 amide bonds. The summed E-state index contributed by atoms with van der Waals surface area (Å²) in [7, 11) is 1.66. The second-order valence-corrected chi connectivity index (χ2v) is 8.14. The van der Waals surface area contributed by atoms with Gasteiger partial charge in [0.25, 0.3) is 0 Å². The topological polar surface area (TPSA) is 54.0 Å². The zero-order chi connectivity index (χ0) is 21.5. The fourth-order valence-electron chi connectivity index (χ4n) is 4.96. The van der Waals surface area contributed by atoms with Crippen LogP contribution >= 0.6 is 0 Å². The molecule has 0 saturated heterocycles. The normalized spacial score (nSPS) is 33.3. The van der Waals surface area contributed by atoms with Crippen molar-refractivity contribution in [1.29, 1.82) is 0 Å². The second kappa shape index (κ2) is 7.80. The third-order valence-corrected chi connectivity index (χ3v) is 6.52. The third-order valence-electron chi connectivity index (χ3n) is 6.52. The van der Waals surface area contributed by atoms with Gasteiger partial charge >= 0.3 is 5.97 Å². The minimum Gasteiger partial charge on any atom is -0.497 e. The minimum absolute atomic E-state index is 0.110. The van der Waals surface area contributed by atoms with Crippen molar-refractivity contribution in [2.24, 2.45) is 17.8 Å². The quantitative estimate of drug-likeness (QED) is 0.392. The second-order valence-electron chi connectivity index (χ2n) is 8.14. The van der Waals surface area contributed by atoms with Gasteiger partial charge in [0.15, 0.2) is 0 Å². The van der Waals surface area contributed by atoms with E-state index >= 15 is 0 Å². The first-order valence-corrected chi connectivity index (χ1v) is 10.3. The predicted molar refractivity (Wildman–Crippen MR) is 114 cm³/mol. The number of rotatable bonds is 6. The van der Waals surface area contributed by atoms with Crippen molar-refractivity contribution in [3.63, 3.8) is 0 Å². The first-order valence-electron chi connectivity index (χ1n) is 10.3. The van der Waals surface area contributed by atoms with Gasteiger partial charge in [0.2, 0.25) is 5.79 Å². The largest absolute Gasteiger partial charge is 0.497 e. The van der Waals surface area contributed by atoms with Crippen molar-refractivity contribution in [1.82, 2.24) is 0 Å². The standard InChI is InChI=1S/C25H28O5/c1-6-12-28-25-11-10-20(29-22(26)7-2)19-13-15(3)16(4)23(24(19)25)18-14-17(27-5)8-9-21(18)30-25/h6-11,13-16,20,23-24H,1-2,12H2,3-5H3/t15-,16+,20-,23+,24+,25+/m0/s1. The summed E-state index contributed by atoms with van der Waals surface area (Å²) in [5, 5.41) is 0. The molecular weight excluding hydrogens is 380 g/mol.